The number of amides is 1. The maximum Gasteiger partial charge on any atom is 0.244 e. The number of anilines is 1. The van der Waals surface area contributed by atoms with Gasteiger partial charge < -0.3 is 25.2 Å². The van der Waals surface area contributed by atoms with Gasteiger partial charge in [0, 0.05) is 57.6 Å². The first-order valence-corrected chi connectivity index (χ1v) is 11.2. The lowest BCUT2D eigenvalue weighted by Gasteiger charge is -2.22. The van der Waals surface area contributed by atoms with Gasteiger partial charge in [0.25, 0.3) is 0 Å². The number of carbonyl (C=O) groups is 1. The molecule has 1 fully saturated rings. The molecule has 1 amide bonds. The van der Waals surface area contributed by atoms with Gasteiger partial charge in [-0.2, -0.15) is 0 Å². The van der Waals surface area contributed by atoms with Crippen LogP contribution in [-0.4, -0.2) is 74.7 Å². The van der Waals surface area contributed by atoms with E-state index in [2.05, 4.69) is 31.6 Å². The first kappa shape index (κ1) is 26.7. The van der Waals surface area contributed by atoms with Crippen LogP contribution in [-0.2, 0) is 11.2 Å². The quantitative estimate of drug-likeness (QED) is 0.276. The van der Waals surface area contributed by atoms with Crippen LogP contribution in [0.1, 0.15) is 19.0 Å². The van der Waals surface area contributed by atoms with Crippen LogP contribution in [0.15, 0.2) is 53.7 Å². The molecule has 180 valence electrons. The first-order valence-electron chi connectivity index (χ1n) is 11.2. The summed E-state index contributed by atoms with van der Waals surface area (Å²) in [6.07, 6.45) is 3.49. The molecule has 1 aliphatic heterocycles. The predicted molar refractivity (Wildman–Crippen MR) is 144 cm³/mol. The van der Waals surface area contributed by atoms with Gasteiger partial charge in [-0.15, -0.1) is 24.0 Å². The Bertz CT molecular complexity index is 896. The third-order valence-electron chi connectivity index (χ3n) is 5.53. The van der Waals surface area contributed by atoms with Crippen molar-refractivity contribution < 1.29 is 9.53 Å². The van der Waals surface area contributed by atoms with Crippen LogP contribution in [0.2, 0.25) is 0 Å². The summed E-state index contributed by atoms with van der Waals surface area (Å²) in [5.41, 5.74) is 2.08. The molecular weight excluding hydrogens is 531 g/mol. The molecule has 0 aliphatic carbocycles. The van der Waals surface area contributed by atoms with Gasteiger partial charge in [0.05, 0.1) is 12.8 Å². The van der Waals surface area contributed by atoms with Gasteiger partial charge in [-0.3, -0.25) is 9.78 Å². The molecule has 9 heteroatoms. The summed E-state index contributed by atoms with van der Waals surface area (Å²) in [7, 11) is 3.51. The highest BCUT2D eigenvalue weighted by atomic mass is 127. The molecule has 33 heavy (non-hydrogen) atoms. The van der Waals surface area contributed by atoms with Crippen LogP contribution >= 0.6 is 24.0 Å². The number of halogens is 1. The number of guanidine groups is 1. The van der Waals surface area contributed by atoms with Gasteiger partial charge in [-0.1, -0.05) is 18.2 Å². The van der Waals surface area contributed by atoms with E-state index in [0.29, 0.717) is 12.5 Å². The Balaban J connectivity index is 0.00000385. The Kier molecular flexibility index (Phi) is 11.2. The van der Waals surface area contributed by atoms with Gasteiger partial charge in [0.2, 0.25) is 5.91 Å². The van der Waals surface area contributed by atoms with Crippen molar-refractivity contribution in [1.82, 2.24) is 20.5 Å². The number of carbonyl (C=O) groups excluding carboxylic acids is 1. The fraction of sp³-hybridized carbons (Fsp3) is 0.458. The van der Waals surface area contributed by atoms with Crippen molar-refractivity contribution in [2.24, 2.45) is 4.99 Å². The van der Waals surface area contributed by atoms with Crippen LogP contribution < -0.4 is 20.3 Å². The lowest BCUT2D eigenvalue weighted by molar-refractivity contribution is -0.128. The molecule has 1 atom stereocenters. The number of para-hydroxylation sites is 2. The van der Waals surface area contributed by atoms with E-state index in [4.69, 9.17) is 4.74 Å². The summed E-state index contributed by atoms with van der Waals surface area (Å²) in [4.78, 5) is 25.4. The molecule has 1 aromatic heterocycles. The summed E-state index contributed by atoms with van der Waals surface area (Å²) in [6.45, 7) is 5.27. The zero-order valence-corrected chi connectivity index (χ0v) is 22.0. The van der Waals surface area contributed by atoms with Gasteiger partial charge in [0.1, 0.15) is 12.3 Å². The summed E-state index contributed by atoms with van der Waals surface area (Å²) in [5, 5.41) is 6.74. The second kappa shape index (κ2) is 13.9. The molecule has 0 radical (unpaired) electrons. The number of aromatic nitrogens is 1. The summed E-state index contributed by atoms with van der Waals surface area (Å²) >= 11 is 0. The molecule has 2 heterocycles. The fourth-order valence-corrected chi connectivity index (χ4v) is 3.72. The predicted octanol–water partition coefficient (Wildman–Crippen LogP) is 2.54. The molecule has 0 bridgehead atoms. The van der Waals surface area contributed by atoms with Crippen LogP contribution in [0.5, 0.6) is 5.75 Å². The first-order chi connectivity index (χ1) is 15.6. The highest BCUT2D eigenvalue weighted by molar-refractivity contribution is 14.0. The normalized spacial score (nSPS) is 15.5. The van der Waals surface area contributed by atoms with Gasteiger partial charge >= 0.3 is 0 Å². The number of pyridine rings is 1. The number of ether oxygens (including phenoxy) is 1. The number of aliphatic imine (C=N–C) groups is 1. The molecule has 1 unspecified atom stereocenters. The van der Waals surface area contributed by atoms with Crippen LogP contribution in [0.4, 0.5) is 5.69 Å². The number of rotatable bonds is 9. The Labute approximate surface area is 213 Å². The second-order valence-electron chi connectivity index (χ2n) is 7.83. The lowest BCUT2D eigenvalue weighted by Crippen LogP contribution is -2.45. The van der Waals surface area contributed by atoms with E-state index in [-0.39, 0.29) is 42.5 Å². The Morgan fingerprint density at radius 2 is 2.06 bits per heavy atom. The Hall–Kier alpha value is -2.56. The molecule has 3 rings (SSSR count). The average molecular weight is 566 g/mol. The van der Waals surface area contributed by atoms with E-state index in [9.17, 15) is 4.79 Å². The van der Waals surface area contributed by atoms with Crippen molar-refractivity contribution in [2.45, 2.75) is 25.8 Å². The highest BCUT2D eigenvalue weighted by Gasteiger charge is 2.25. The van der Waals surface area contributed by atoms with Crippen LogP contribution in [0, 0.1) is 0 Å². The molecule has 1 saturated heterocycles. The summed E-state index contributed by atoms with van der Waals surface area (Å²) in [5.74, 6) is 1.54. The van der Waals surface area contributed by atoms with Crippen molar-refractivity contribution >= 4 is 41.5 Å². The number of benzene rings is 1. The number of methoxy groups -OCH3 is 1. The maximum atomic E-state index is 12.5. The largest absolute Gasteiger partial charge is 0.495 e. The van der Waals surface area contributed by atoms with Crippen molar-refractivity contribution in [1.29, 1.82) is 0 Å². The van der Waals surface area contributed by atoms with E-state index in [1.165, 1.54) is 0 Å². The molecule has 1 aliphatic rings. The Morgan fingerprint density at radius 3 is 2.79 bits per heavy atom. The zero-order chi connectivity index (χ0) is 22.8. The van der Waals surface area contributed by atoms with Gasteiger partial charge in [0.15, 0.2) is 5.96 Å². The molecule has 8 nitrogen and oxygen atoms in total. The van der Waals surface area contributed by atoms with Crippen LogP contribution in [0.3, 0.4) is 0 Å². The standard InChI is InChI=1S/C24H34N6O2.HI/c1-4-25-24(27-17-23(31)29(2)15-12-19-9-7-8-14-26-19)28-20-13-16-30(18-20)21-10-5-6-11-22(21)32-3;/h5-11,14,20H,4,12-13,15-18H2,1-3H3,(H2,25,27,28);1H. The molecule has 2 aromatic rings. The van der Waals surface area contributed by atoms with Crippen molar-refractivity contribution in [3.8, 4) is 5.75 Å². The van der Waals surface area contributed by atoms with E-state index in [1.807, 2.05) is 50.4 Å². The van der Waals surface area contributed by atoms with Gasteiger partial charge in [-0.05, 0) is 37.6 Å². The Morgan fingerprint density at radius 1 is 1.27 bits per heavy atom. The van der Waals surface area contributed by atoms with Crippen LogP contribution in [0.25, 0.3) is 0 Å². The van der Waals surface area contributed by atoms with Crippen molar-refractivity contribution in [3.63, 3.8) is 0 Å². The average Bonchev–Trinajstić information content (AvgIpc) is 3.29. The molecular formula is C24H35IN6O2. The number of likely N-dealkylation sites (N-methyl/N-ethyl adjacent to an activating group) is 1. The number of hydrogen-bond acceptors (Lipinski definition) is 5. The van der Waals surface area contributed by atoms with Crippen molar-refractivity contribution in [3.05, 3.63) is 54.4 Å². The smallest absolute Gasteiger partial charge is 0.244 e. The lowest BCUT2D eigenvalue weighted by atomic mass is 10.2. The molecule has 0 saturated carbocycles. The monoisotopic (exact) mass is 566 g/mol. The topological polar surface area (TPSA) is 82.1 Å². The van der Waals surface area contributed by atoms with E-state index in [0.717, 1.165) is 49.6 Å². The number of nitrogens with zero attached hydrogens (tertiary/aromatic N) is 4. The SMILES string of the molecule is CCNC(=NCC(=O)N(C)CCc1ccccn1)NC1CCN(c2ccccc2OC)C1.I. The number of nitrogens with one attached hydrogen (secondary N) is 2. The second-order valence-corrected chi connectivity index (χ2v) is 7.83. The zero-order valence-electron chi connectivity index (χ0n) is 19.7. The van der Waals surface area contributed by atoms with E-state index in [1.54, 1.807) is 18.2 Å². The summed E-state index contributed by atoms with van der Waals surface area (Å²) in [6, 6.07) is 14.1. The highest BCUT2D eigenvalue weighted by Crippen LogP contribution is 2.30. The third-order valence-corrected chi connectivity index (χ3v) is 5.53. The maximum absolute atomic E-state index is 12.5. The molecule has 2 N–H and O–H groups in total. The number of hydrogen-bond donors (Lipinski definition) is 2. The van der Waals surface area contributed by atoms with E-state index < -0.39 is 0 Å². The van der Waals surface area contributed by atoms with Gasteiger partial charge in [-0.25, -0.2) is 4.99 Å². The van der Waals surface area contributed by atoms with Crippen molar-refractivity contribution in [2.75, 3.05) is 51.8 Å². The minimum atomic E-state index is -0.0137. The summed E-state index contributed by atoms with van der Waals surface area (Å²) < 4.78 is 5.50. The fourth-order valence-electron chi connectivity index (χ4n) is 3.72. The minimum absolute atomic E-state index is 0. The minimum Gasteiger partial charge on any atom is -0.495 e. The third kappa shape index (κ3) is 8.06. The molecule has 0 spiro atoms. The van der Waals surface area contributed by atoms with E-state index >= 15 is 0 Å². The molecule has 1 aromatic carbocycles.